The van der Waals surface area contributed by atoms with Crippen molar-refractivity contribution in [2.24, 2.45) is 0 Å². The minimum absolute atomic E-state index is 0.110. The fraction of sp³-hybridized carbons (Fsp3) is 0.200. The van der Waals surface area contributed by atoms with Gasteiger partial charge in [-0.05, 0) is 55.8 Å². The van der Waals surface area contributed by atoms with Gasteiger partial charge < -0.3 is 15.2 Å². The van der Waals surface area contributed by atoms with Crippen molar-refractivity contribution >= 4 is 35.0 Å². The van der Waals surface area contributed by atoms with Gasteiger partial charge in [-0.1, -0.05) is 59.6 Å². The van der Waals surface area contributed by atoms with E-state index in [2.05, 4.69) is 5.32 Å². The number of amides is 2. The van der Waals surface area contributed by atoms with Crippen molar-refractivity contribution in [1.82, 2.24) is 0 Å². The first kappa shape index (κ1) is 23.3. The van der Waals surface area contributed by atoms with E-state index >= 15 is 0 Å². The number of aryl methyl sites for hydroxylation is 1. The molecule has 0 aliphatic heterocycles. The fourth-order valence-electron chi connectivity index (χ4n) is 3.31. The number of nitrogens with one attached hydrogen (secondary N) is 1. The van der Waals surface area contributed by atoms with Crippen LogP contribution in [0, 0.1) is 6.92 Å². The van der Waals surface area contributed by atoms with Crippen molar-refractivity contribution in [2.45, 2.75) is 26.0 Å². The van der Waals surface area contributed by atoms with E-state index in [4.69, 9.17) is 16.3 Å². The van der Waals surface area contributed by atoms with Crippen molar-refractivity contribution in [3.8, 4) is 0 Å². The Hall–Kier alpha value is -3.35. The van der Waals surface area contributed by atoms with E-state index in [1.807, 2.05) is 25.1 Å². The van der Waals surface area contributed by atoms with Crippen molar-refractivity contribution in [3.05, 3.63) is 95.0 Å². The summed E-state index contributed by atoms with van der Waals surface area (Å²) in [5.74, 6) is -0.808. The second-order valence-electron chi connectivity index (χ2n) is 7.20. The Morgan fingerprint density at radius 2 is 1.62 bits per heavy atom. The molecule has 0 saturated carbocycles. The number of ether oxygens (including phenoxy) is 1. The highest BCUT2D eigenvalue weighted by molar-refractivity contribution is 6.30. The maximum atomic E-state index is 13.5. The molecule has 0 aliphatic rings. The summed E-state index contributed by atoms with van der Waals surface area (Å²) >= 11 is 5.95. The van der Waals surface area contributed by atoms with Crippen LogP contribution >= 0.6 is 11.6 Å². The molecule has 0 fully saturated rings. The van der Waals surface area contributed by atoms with Crippen LogP contribution in [0.15, 0.2) is 78.9 Å². The van der Waals surface area contributed by atoms with Crippen LogP contribution in [0.1, 0.15) is 24.1 Å². The van der Waals surface area contributed by atoms with Crippen LogP contribution in [0.3, 0.4) is 0 Å². The van der Waals surface area contributed by atoms with Crippen LogP contribution in [-0.2, 0) is 9.53 Å². The van der Waals surface area contributed by atoms with Crippen molar-refractivity contribution < 1.29 is 19.4 Å². The molecular formula is C25H25ClN2O4. The van der Waals surface area contributed by atoms with E-state index in [-0.39, 0.29) is 6.61 Å². The molecule has 3 aromatic carbocycles. The molecule has 0 radical (unpaired) electrons. The molecule has 2 atom stereocenters. The number of anilines is 2. The standard InChI is InChI=1S/C25H25ClN2O4/c1-3-32-24(30)23(29)22(18-7-5-4-6-8-18)28(21-15-9-17(2)10-16-21)25(31)27-20-13-11-19(26)12-14-20/h4-16,22-23,29H,3H2,1-2H3,(H,27,31). The molecule has 32 heavy (non-hydrogen) atoms. The summed E-state index contributed by atoms with van der Waals surface area (Å²) < 4.78 is 5.06. The Bertz CT molecular complexity index is 1040. The van der Waals surface area contributed by atoms with E-state index in [9.17, 15) is 14.7 Å². The van der Waals surface area contributed by atoms with Crippen molar-refractivity contribution in [2.75, 3.05) is 16.8 Å². The van der Waals surface area contributed by atoms with Crippen LogP contribution in [0.2, 0.25) is 5.02 Å². The molecule has 3 aromatic rings. The number of urea groups is 1. The predicted molar refractivity (Wildman–Crippen MR) is 126 cm³/mol. The Morgan fingerprint density at radius 1 is 1.00 bits per heavy atom. The number of aliphatic hydroxyl groups is 1. The van der Waals surface area contributed by atoms with Gasteiger partial charge in [0.2, 0.25) is 0 Å². The highest BCUT2D eigenvalue weighted by Gasteiger charge is 2.37. The SMILES string of the molecule is CCOC(=O)C(O)C(c1ccccc1)N(C(=O)Nc1ccc(Cl)cc1)c1ccc(C)cc1. The maximum Gasteiger partial charge on any atom is 0.337 e. The minimum atomic E-state index is -1.60. The minimum Gasteiger partial charge on any atom is -0.464 e. The van der Waals surface area contributed by atoms with E-state index < -0.39 is 24.1 Å². The van der Waals surface area contributed by atoms with Gasteiger partial charge in [-0.3, -0.25) is 4.90 Å². The zero-order valence-electron chi connectivity index (χ0n) is 17.9. The Morgan fingerprint density at radius 3 is 2.22 bits per heavy atom. The van der Waals surface area contributed by atoms with Crippen molar-refractivity contribution in [1.29, 1.82) is 0 Å². The van der Waals surface area contributed by atoms with Crippen LogP contribution in [0.5, 0.6) is 0 Å². The van der Waals surface area contributed by atoms with Gasteiger partial charge in [0.25, 0.3) is 0 Å². The summed E-state index contributed by atoms with van der Waals surface area (Å²) in [5, 5.41) is 14.3. The van der Waals surface area contributed by atoms with E-state index in [1.54, 1.807) is 67.6 Å². The molecule has 166 valence electrons. The molecule has 2 amide bonds. The maximum absolute atomic E-state index is 13.5. The largest absolute Gasteiger partial charge is 0.464 e. The Labute approximate surface area is 192 Å². The molecule has 0 spiro atoms. The number of nitrogens with zero attached hydrogens (tertiary/aromatic N) is 1. The van der Waals surface area contributed by atoms with Crippen LogP contribution < -0.4 is 10.2 Å². The van der Waals surface area contributed by atoms with Gasteiger partial charge in [-0.25, -0.2) is 9.59 Å². The fourth-order valence-corrected chi connectivity index (χ4v) is 3.43. The van der Waals surface area contributed by atoms with Crippen molar-refractivity contribution in [3.63, 3.8) is 0 Å². The molecule has 0 bridgehead atoms. The van der Waals surface area contributed by atoms with Gasteiger partial charge in [0.1, 0.15) is 6.04 Å². The molecule has 2 unspecified atom stereocenters. The number of halogens is 1. The third-order valence-electron chi connectivity index (χ3n) is 4.87. The molecule has 0 heterocycles. The lowest BCUT2D eigenvalue weighted by molar-refractivity contribution is -0.154. The van der Waals surface area contributed by atoms with Crippen LogP contribution in [0.25, 0.3) is 0 Å². The summed E-state index contributed by atoms with van der Waals surface area (Å²) in [7, 11) is 0. The molecular weight excluding hydrogens is 428 g/mol. The highest BCUT2D eigenvalue weighted by Crippen LogP contribution is 2.32. The number of esters is 1. The molecule has 0 aliphatic carbocycles. The smallest absolute Gasteiger partial charge is 0.337 e. The first-order valence-electron chi connectivity index (χ1n) is 10.2. The molecule has 6 nitrogen and oxygen atoms in total. The highest BCUT2D eigenvalue weighted by atomic mass is 35.5. The summed E-state index contributed by atoms with van der Waals surface area (Å²) in [6.07, 6.45) is -1.60. The topological polar surface area (TPSA) is 78.9 Å². The number of carbonyl (C=O) groups excluding carboxylic acids is 2. The molecule has 7 heteroatoms. The summed E-state index contributed by atoms with van der Waals surface area (Å²) in [5.41, 5.74) is 2.63. The average molecular weight is 453 g/mol. The summed E-state index contributed by atoms with van der Waals surface area (Å²) in [4.78, 5) is 27.4. The van der Waals surface area contributed by atoms with Gasteiger partial charge in [0.15, 0.2) is 6.10 Å². The number of aliphatic hydroxyl groups excluding tert-OH is 1. The normalized spacial score (nSPS) is 12.5. The Balaban J connectivity index is 2.08. The van der Waals surface area contributed by atoms with Crippen LogP contribution in [0.4, 0.5) is 16.2 Å². The first-order chi connectivity index (χ1) is 15.4. The quantitative estimate of drug-likeness (QED) is 0.473. The monoisotopic (exact) mass is 452 g/mol. The Kier molecular flexibility index (Phi) is 7.87. The van der Waals surface area contributed by atoms with Gasteiger partial charge in [0, 0.05) is 16.4 Å². The third kappa shape index (κ3) is 5.66. The number of rotatable bonds is 7. The predicted octanol–water partition coefficient (Wildman–Crippen LogP) is 5.35. The number of benzene rings is 3. The zero-order chi connectivity index (χ0) is 23.1. The van der Waals surface area contributed by atoms with Gasteiger partial charge in [-0.15, -0.1) is 0 Å². The van der Waals surface area contributed by atoms with E-state index in [0.717, 1.165) is 5.56 Å². The molecule has 2 N–H and O–H groups in total. The average Bonchev–Trinajstić information content (AvgIpc) is 2.80. The molecule has 3 rings (SSSR count). The number of hydrogen-bond acceptors (Lipinski definition) is 4. The third-order valence-corrected chi connectivity index (χ3v) is 5.12. The summed E-state index contributed by atoms with van der Waals surface area (Å²) in [6, 6.07) is 21.3. The zero-order valence-corrected chi connectivity index (χ0v) is 18.6. The number of hydrogen-bond donors (Lipinski definition) is 2. The lowest BCUT2D eigenvalue weighted by Crippen LogP contribution is -2.46. The summed E-state index contributed by atoms with van der Waals surface area (Å²) in [6.45, 7) is 3.70. The van der Waals surface area contributed by atoms with Gasteiger partial charge in [-0.2, -0.15) is 0 Å². The molecule has 0 aromatic heterocycles. The molecule has 0 saturated heterocycles. The van der Waals surface area contributed by atoms with Gasteiger partial charge >= 0.3 is 12.0 Å². The second-order valence-corrected chi connectivity index (χ2v) is 7.63. The van der Waals surface area contributed by atoms with Crippen LogP contribution in [-0.4, -0.2) is 29.8 Å². The van der Waals surface area contributed by atoms with Gasteiger partial charge in [0.05, 0.1) is 6.61 Å². The second kappa shape index (κ2) is 10.8. The van der Waals surface area contributed by atoms with E-state index in [0.29, 0.717) is 22.0 Å². The lowest BCUT2D eigenvalue weighted by atomic mass is 9.98. The lowest BCUT2D eigenvalue weighted by Gasteiger charge is -2.34. The number of carbonyl (C=O) groups is 2. The first-order valence-corrected chi connectivity index (χ1v) is 10.6. The van der Waals surface area contributed by atoms with E-state index in [1.165, 1.54) is 4.90 Å².